The zero-order valence-corrected chi connectivity index (χ0v) is 10.8. The van der Waals surface area contributed by atoms with E-state index in [0.717, 1.165) is 12.3 Å². The van der Waals surface area contributed by atoms with Crippen molar-refractivity contribution < 1.29 is 4.74 Å². The maximum atomic E-state index is 5.75. The van der Waals surface area contributed by atoms with Gasteiger partial charge in [0.25, 0.3) is 0 Å². The molecule has 88 valence electrons. The highest BCUT2D eigenvalue weighted by atomic mass is 16.5. The smallest absolute Gasteiger partial charge is 0.0880 e. The van der Waals surface area contributed by atoms with Gasteiger partial charge in [0.05, 0.1) is 6.10 Å². The molecule has 0 saturated heterocycles. The molecule has 1 aliphatic carbocycles. The van der Waals surface area contributed by atoms with E-state index in [4.69, 9.17) is 4.74 Å². The highest BCUT2D eigenvalue weighted by Gasteiger charge is 2.42. The number of hydrogen-bond donors (Lipinski definition) is 0. The van der Waals surface area contributed by atoms with Crippen molar-refractivity contribution in [3.8, 4) is 0 Å². The summed E-state index contributed by atoms with van der Waals surface area (Å²) < 4.78 is 5.75. The molecule has 0 spiro atoms. The van der Waals surface area contributed by atoms with Crippen LogP contribution in [0.4, 0.5) is 0 Å². The maximum absolute atomic E-state index is 5.75. The third-order valence-corrected chi connectivity index (χ3v) is 3.68. The van der Waals surface area contributed by atoms with Gasteiger partial charge in [0, 0.05) is 12.5 Å². The van der Waals surface area contributed by atoms with Gasteiger partial charge in [-0.05, 0) is 29.9 Å². The van der Waals surface area contributed by atoms with Crippen LogP contribution in [0.2, 0.25) is 0 Å². The van der Waals surface area contributed by atoms with Crippen LogP contribution in [0, 0.1) is 11.3 Å². The lowest BCUT2D eigenvalue weighted by atomic mass is 9.77. The van der Waals surface area contributed by atoms with Gasteiger partial charge in [0.1, 0.15) is 0 Å². The zero-order valence-electron chi connectivity index (χ0n) is 10.8. The number of methoxy groups -OCH3 is 1. The fourth-order valence-corrected chi connectivity index (χ4v) is 3.38. The minimum atomic E-state index is 0.270. The van der Waals surface area contributed by atoms with Crippen molar-refractivity contribution >= 4 is 0 Å². The van der Waals surface area contributed by atoms with Crippen LogP contribution in [0.15, 0.2) is 24.3 Å². The Bertz CT molecular complexity index is 369. The van der Waals surface area contributed by atoms with Crippen molar-refractivity contribution in [2.75, 3.05) is 7.11 Å². The predicted octanol–water partition coefficient (Wildman–Crippen LogP) is 3.98. The van der Waals surface area contributed by atoms with E-state index in [9.17, 15) is 0 Å². The second-order valence-corrected chi connectivity index (χ2v) is 5.74. The Morgan fingerprint density at radius 3 is 2.69 bits per heavy atom. The van der Waals surface area contributed by atoms with E-state index in [-0.39, 0.29) is 11.5 Å². The summed E-state index contributed by atoms with van der Waals surface area (Å²) in [4.78, 5) is 0. The molecular formula is C15H22O. The summed E-state index contributed by atoms with van der Waals surface area (Å²) in [6.45, 7) is 6.95. The van der Waals surface area contributed by atoms with Crippen molar-refractivity contribution in [3.63, 3.8) is 0 Å². The van der Waals surface area contributed by atoms with Crippen molar-refractivity contribution in [2.24, 2.45) is 11.3 Å². The number of fused-ring (bicyclic) bond motifs is 1. The molecule has 1 aromatic carbocycles. The lowest BCUT2D eigenvalue weighted by Crippen LogP contribution is -2.25. The Hall–Kier alpha value is -0.820. The summed E-state index contributed by atoms with van der Waals surface area (Å²) >= 11 is 0. The van der Waals surface area contributed by atoms with E-state index >= 15 is 0 Å². The van der Waals surface area contributed by atoms with Gasteiger partial charge in [0.15, 0.2) is 0 Å². The predicted molar refractivity (Wildman–Crippen MR) is 67.5 cm³/mol. The molecule has 16 heavy (non-hydrogen) atoms. The average Bonchev–Trinajstić information content (AvgIpc) is 2.47. The first-order valence-electron chi connectivity index (χ1n) is 6.17. The molecule has 0 aromatic heterocycles. The quantitative estimate of drug-likeness (QED) is 0.745. The molecule has 0 aliphatic heterocycles. The first-order valence-corrected chi connectivity index (χ1v) is 6.17. The molecule has 1 nitrogen and oxygen atoms in total. The third-order valence-electron chi connectivity index (χ3n) is 3.68. The van der Waals surface area contributed by atoms with Crippen LogP contribution in [-0.2, 0) is 11.2 Å². The largest absolute Gasteiger partial charge is 0.376 e. The number of rotatable bonds is 3. The Kier molecular flexibility index (Phi) is 3.07. The van der Waals surface area contributed by atoms with Crippen molar-refractivity contribution in [3.05, 3.63) is 35.4 Å². The zero-order chi connectivity index (χ0) is 11.8. The average molecular weight is 218 g/mol. The Morgan fingerprint density at radius 2 is 2.06 bits per heavy atom. The summed E-state index contributed by atoms with van der Waals surface area (Å²) in [6, 6.07) is 8.71. The van der Waals surface area contributed by atoms with Gasteiger partial charge in [-0.1, -0.05) is 45.0 Å². The van der Waals surface area contributed by atoms with E-state index in [1.54, 1.807) is 0 Å². The van der Waals surface area contributed by atoms with E-state index < -0.39 is 0 Å². The monoisotopic (exact) mass is 218 g/mol. The van der Waals surface area contributed by atoms with E-state index in [1.165, 1.54) is 17.5 Å². The molecule has 2 atom stereocenters. The van der Waals surface area contributed by atoms with Crippen LogP contribution >= 0.6 is 0 Å². The van der Waals surface area contributed by atoms with E-state index in [0.29, 0.717) is 0 Å². The second kappa shape index (κ2) is 4.21. The highest BCUT2D eigenvalue weighted by molar-refractivity contribution is 5.36. The summed E-state index contributed by atoms with van der Waals surface area (Å²) in [5.41, 5.74) is 3.14. The Labute approximate surface area is 98.8 Å². The topological polar surface area (TPSA) is 9.23 Å². The Morgan fingerprint density at radius 1 is 1.38 bits per heavy atom. The van der Waals surface area contributed by atoms with Crippen molar-refractivity contribution in [1.29, 1.82) is 0 Å². The summed E-state index contributed by atoms with van der Waals surface area (Å²) in [6.07, 6.45) is 2.64. The molecule has 0 heterocycles. The molecule has 0 amide bonds. The molecular weight excluding hydrogens is 196 g/mol. The molecule has 0 bridgehead atoms. The van der Waals surface area contributed by atoms with Gasteiger partial charge in [-0.25, -0.2) is 0 Å². The second-order valence-electron chi connectivity index (χ2n) is 5.74. The summed E-state index contributed by atoms with van der Waals surface area (Å²) in [5, 5.41) is 0. The third kappa shape index (κ3) is 1.89. The van der Waals surface area contributed by atoms with Crippen LogP contribution < -0.4 is 0 Å². The minimum Gasteiger partial charge on any atom is -0.376 e. The van der Waals surface area contributed by atoms with Crippen molar-refractivity contribution in [1.82, 2.24) is 0 Å². The SMILES string of the molecule is COC1c2ccccc2CC1(C)CC(C)C. The van der Waals surface area contributed by atoms with Crippen molar-refractivity contribution in [2.45, 2.75) is 39.7 Å². The van der Waals surface area contributed by atoms with Crippen LogP contribution in [0.25, 0.3) is 0 Å². The lowest BCUT2D eigenvalue weighted by molar-refractivity contribution is -0.00303. The van der Waals surface area contributed by atoms with Crippen LogP contribution in [0.1, 0.15) is 44.4 Å². The molecule has 0 saturated carbocycles. The number of benzene rings is 1. The van der Waals surface area contributed by atoms with Gasteiger partial charge in [-0.2, -0.15) is 0 Å². The standard InChI is InChI=1S/C15H22O/c1-11(2)9-15(3)10-12-7-5-6-8-13(12)14(15)16-4/h5-8,11,14H,9-10H2,1-4H3. The fourth-order valence-electron chi connectivity index (χ4n) is 3.38. The minimum absolute atomic E-state index is 0.270. The van der Waals surface area contributed by atoms with Gasteiger partial charge in [-0.3, -0.25) is 0 Å². The first-order chi connectivity index (χ1) is 7.57. The summed E-state index contributed by atoms with van der Waals surface area (Å²) in [7, 11) is 1.84. The van der Waals surface area contributed by atoms with Gasteiger partial charge in [-0.15, -0.1) is 0 Å². The van der Waals surface area contributed by atoms with Crippen LogP contribution in [0.3, 0.4) is 0 Å². The van der Waals surface area contributed by atoms with E-state index in [2.05, 4.69) is 45.0 Å². The fraction of sp³-hybridized carbons (Fsp3) is 0.600. The maximum Gasteiger partial charge on any atom is 0.0880 e. The number of ether oxygens (including phenoxy) is 1. The van der Waals surface area contributed by atoms with Gasteiger partial charge in [0.2, 0.25) is 0 Å². The van der Waals surface area contributed by atoms with Gasteiger partial charge >= 0.3 is 0 Å². The van der Waals surface area contributed by atoms with Gasteiger partial charge < -0.3 is 4.74 Å². The molecule has 1 aliphatic rings. The summed E-state index contributed by atoms with van der Waals surface area (Å²) in [5.74, 6) is 0.719. The molecule has 2 unspecified atom stereocenters. The molecule has 0 fully saturated rings. The molecule has 0 radical (unpaired) electrons. The normalized spacial score (nSPS) is 28.4. The molecule has 1 heteroatoms. The van der Waals surface area contributed by atoms with E-state index in [1.807, 2.05) is 7.11 Å². The number of hydrogen-bond acceptors (Lipinski definition) is 1. The lowest BCUT2D eigenvalue weighted by Gasteiger charge is -2.32. The van der Waals surface area contributed by atoms with Crippen LogP contribution in [0.5, 0.6) is 0 Å². The Balaban J connectivity index is 2.33. The molecule has 2 rings (SSSR count). The molecule has 1 aromatic rings. The molecule has 0 N–H and O–H groups in total. The first kappa shape index (κ1) is 11.7. The van der Waals surface area contributed by atoms with Crippen LogP contribution in [-0.4, -0.2) is 7.11 Å². The highest BCUT2D eigenvalue weighted by Crippen LogP contribution is 2.50.